The maximum absolute atomic E-state index is 12.7. The summed E-state index contributed by atoms with van der Waals surface area (Å²) in [6.45, 7) is 6.68. The second-order valence-electron chi connectivity index (χ2n) is 7.08. The molecular formula is C17H20ClN3O2. The van der Waals surface area contributed by atoms with E-state index >= 15 is 0 Å². The second-order valence-corrected chi connectivity index (χ2v) is 7.49. The van der Waals surface area contributed by atoms with Crippen LogP contribution in [-0.4, -0.2) is 40.5 Å². The van der Waals surface area contributed by atoms with Gasteiger partial charge in [0.2, 0.25) is 0 Å². The van der Waals surface area contributed by atoms with Crippen LogP contribution in [-0.2, 0) is 0 Å². The fourth-order valence-electron chi connectivity index (χ4n) is 4.12. The lowest BCUT2D eigenvalue weighted by Gasteiger charge is -2.56. The molecule has 122 valence electrons. The molecule has 0 aromatic carbocycles. The van der Waals surface area contributed by atoms with Gasteiger partial charge in [-0.25, -0.2) is 4.98 Å². The van der Waals surface area contributed by atoms with Crippen molar-refractivity contribution in [2.75, 3.05) is 13.1 Å². The summed E-state index contributed by atoms with van der Waals surface area (Å²) in [5, 5.41) is 4.44. The molecule has 0 radical (unpaired) electrons. The molecule has 2 aromatic heterocycles. The van der Waals surface area contributed by atoms with Gasteiger partial charge in [0.1, 0.15) is 12.0 Å². The zero-order valence-electron chi connectivity index (χ0n) is 13.3. The Morgan fingerprint density at radius 1 is 1.43 bits per heavy atom. The summed E-state index contributed by atoms with van der Waals surface area (Å²) in [6.07, 6.45) is 5.31. The first kappa shape index (κ1) is 15.0. The highest BCUT2D eigenvalue weighted by Crippen LogP contribution is 2.39. The van der Waals surface area contributed by atoms with E-state index in [1.54, 1.807) is 12.3 Å². The van der Waals surface area contributed by atoms with Crippen molar-refractivity contribution < 1.29 is 9.21 Å². The third-order valence-corrected chi connectivity index (χ3v) is 5.81. The summed E-state index contributed by atoms with van der Waals surface area (Å²) >= 11 is 6.08. The average Bonchev–Trinajstić information content (AvgIpc) is 2.92. The van der Waals surface area contributed by atoms with Gasteiger partial charge in [-0.1, -0.05) is 11.6 Å². The van der Waals surface area contributed by atoms with E-state index in [-0.39, 0.29) is 17.5 Å². The van der Waals surface area contributed by atoms with Crippen molar-refractivity contribution in [1.82, 2.24) is 15.2 Å². The van der Waals surface area contributed by atoms with Crippen molar-refractivity contribution in [2.24, 2.45) is 5.92 Å². The Balaban J connectivity index is 1.60. The topological polar surface area (TPSA) is 58.4 Å². The first-order valence-corrected chi connectivity index (χ1v) is 8.43. The van der Waals surface area contributed by atoms with E-state index in [0.29, 0.717) is 22.2 Å². The molecule has 5 heterocycles. The highest BCUT2D eigenvalue weighted by molar-refractivity contribution is 6.35. The maximum atomic E-state index is 12.7. The van der Waals surface area contributed by atoms with Crippen LogP contribution in [0.4, 0.5) is 0 Å². The lowest BCUT2D eigenvalue weighted by atomic mass is 9.72. The van der Waals surface area contributed by atoms with Crippen LogP contribution in [0.25, 0.3) is 11.0 Å². The van der Waals surface area contributed by atoms with Gasteiger partial charge in [-0.05, 0) is 51.8 Å². The summed E-state index contributed by atoms with van der Waals surface area (Å²) in [6, 6.07) is 1.85. The largest absolute Gasteiger partial charge is 0.461 e. The molecular weight excluding hydrogens is 314 g/mol. The van der Waals surface area contributed by atoms with Crippen LogP contribution in [0.15, 0.2) is 22.9 Å². The van der Waals surface area contributed by atoms with E-state index in [4.69, 9.17) is 16.0 Å². The minimum absolute atomic E-state index is 0.0196. The summed E-state index contributed by atoms with van der Waals surface area (Å²) in [4.78, 5) is 19.4. The first-order chi connectivity index (χ1) is 11.0. The van der Waals surface area contributed by atoms with E-state index in [1.165, 1.54) is 6.26 Å². The number of fused-ring (bicyclic) bond motifs is 4. The van der Waals surface area contributed by atoms with Crippen LogP contribution in [0.5, 0.6) is 0 Å². The Bertz CT molecular complexity index is 762. The molecule has 0 aliphatic carbocycles. The number of nitrogens with zero attached hydrogens (tertiary/aromatic N) is 2. The van der Waals surface area contributed by atoms with E-state index in [2.05, 4.69) is 29.0 Å². The molecule has 0 saturated carbocycles. The molecule has 5 nitrogen and oxygen atoms in total. The minimum Gasteiger partial charge on any atom is -0.461 e. The van der Waals surface area contributed by atoms with E-state index < -0.39 is 0 Å². The van der Waals surface area contributed by atoms with Crippen LogP contribution in [0, 0.1) is 5.92 Å². The van der Waals surface area contributed by atoms with Gasteiger partial charge < -0.3 is 9.73 Å². The number of piperidine rings is 3. The molecule has 0 spiro atoms. The number of rotatable bonds is 2. The predicted molar refractivity (Wildman–Crippen MR) is 88.6 cm³/mol. The zero-order chi connectivity index (χ0) is 16.2. The van der Waals surface area contributed by atoms with Crippen LogP contribution >= 0.6 is 11.6 Å². The van der Waals surface area contributed by atoms with Gasteiger partial charge >= 0.3 is 0 Å². The third kappa shape index (κ3) is 2.34. The number of amides is 1. The molecule has 1 N–H and O–H groups in total. The van der Waals surface area contributed by atoms with Gasteiger partial charge in [-0.3, -0.25) is 9.69 Å². The quantitative estimate of drug-likeness (QED) is 0.917. The number of pyridine rings is 1. The number of nitrogens with one attached hydrogen (secondary N) is 1. The van der Waals surface area contributed by atoms with Gasteiger partial charge in [-0.2, -0.15) is 0 Å². The molecule has 3 saturated heterocycles. The molecule has 1 amide bonds. The summed E-state index contributed by atoms with van der Waals surface area (Å²) in [5.41, 5.74) is 0.955. The molecule has 2 bridgehead atoms. The highest BCUT2D eigenvalue weighted by atomic mass is 35.5. The molecule has 23 heavy (non-hydrogen) atoms. The van der Waals surface area contributed by atoms with Crippen molar-refractivity contribution in [2.45, 2.75) is 38.3 Å². The number of hydrogen-bond donors (Lipinski definition) is 1. The monoisotopic (exact) mass is 333 g/mol. The number of furan rings is 1. The zero-order valence-corrected chi connectivity index (χ0v) is 14.1. The number of carbonyl (C=O) groups is 1. The highest BCUT2D eigenvalue weighted by Gasteiger charge is 2.48. The Hall–Kier alpha value is -1.59. The molecule has 3 fully saturated rings. The lowest BCUT2D eigenvalue weighted by molar-refractivity contribution is -0.0378. The van der Waals surface area contributed by atoms with Gasteiger partial charge in [0.25, 0.3) is 5.91 Å². The van der Waals surface area contributed by atoms with E-state index in [9.17, 15) is 4.79 Å². The molecule has 0 unspecified atom stereocenters. The van der Waals surface area contributed by atoms with E-state index in [1.807, 2.05) is 0 Å². The molecule has 3 aliphatic heterocycles. The molecule has 3 aliphatic rings. The second kappa shape index (κ2) is 5.21. The number of hydrogen-bond acceptors (Lipinski definition) is 4. The predicted octanol–water partition coefficient (Wildman–Crippen LogP) is 3.08. The fourth-order valence-corrected chi connectivity index (χ4v) is 4.31. The normalized spacial score (nSPS) is 28.9. The van der Waals surface area contributed by atoms with E-state index in [0.717, 1.165) is 31.3 Å². The Morgan fingerprint density at radius 3 is 2.87 bits per heavy atom. The maximum Gasteiger partial charge on any atom is 0.270 e. The molecule has 1 atom stereocenters. The molecule has 2 aromatic rings. The number of aromatic nitrogens is 1. The van der Waals surface area contributed by atoms with Crippen molar-refractivity contribution >= 4 is 28.5 Å². The van der Waals surface area contributed by atoms with Gasteiger partial charge in [-0.15, -0.1) is 0 Å². The smallest absolute Gasteiger partial charge is 0.270 e. The van der Waals surface area contributed by atoms with Crippen LogP contribution in [0.3, 0.4) is 0 Å². The summed E-state index contributed by atoms with van der Waals surface area (Å²) in [5.74, 6) is 0.399. The van der Waals surface area contributed by atoms with Crippen LogP contribution in [0.1, 0.15) is 37.2 Å². The molecule has 6 heteroatoms. The van der Waals surface area contributed by atoms with Crippen molar-refractivity contribution in [1.29, 1.82) is 0 Å². The van der Waals surface area contributed by atoms with Gasteiger partial charge in [0.05, 0.1) is 11.2 Å². The Labute approximate surface area is 140 Å². The SMILES string of the molecule is CC1(C)[C@@H](NC(=O)c2cc3c(Cl)coc3cn2)C2CCN1CC2. The van der Waals surface area contributed by atoms with Crippen molar-refractivity contribution in [3.63, 3.8) is 0 Å². The van der Waals surface area contributed by atoms with Crippen LogP contribution in [0.2, 0.25) is 5.02 Å². The summed E-state index contributed by atoms with van der Waals surface area (Å²) in [7, 11) is 0. The lowest BCUT2D eigenvalue weighted by Crippen LogP contribution is -2.69. The Morgan fingerprint density at radius 2 is 2.17 bits per heavy atom. The average molecular weight is 334 g/mol. The van der Waals surface area contributed by atoms with Crippen LogP contribution < -0.4 is 5.32 Å². The fraction of sp³-hybridized carbons (Fsp3) is 0.529. The number of carbonyl (C=O) groups excluding carboxylic acids is 1. The third-order valence-electron chi connectivity index (χ3n) is 5.52. The van der Waals surface area contributed by atoms with Crippen molar-refractivity contribution in [3.05, 3.63) is 29.2 Å². The van der Waals surface area contributed by atoms with Gasteiger partial charge in [0, 0.05) is 17.0 Å². The first-order valence-electron chi connectivity index (χ1n) is 8.05. The standard InChI is InChI=1S/C17H20ClN3O2/c1-17(2)15(10-3-5-21(17)6-4-10)20-16(22)13-7-11-12(18)9-23-14(11)8-19-13/h7-10,15H,3-6H2,1-2H3,(H,20,22)/t15-/m0/s1. The molecule has 5 rings (SSSR count). The Kier molecular flexibility index (Phi) is 3.39. The van der Waals surface area contributed by atoms with Gasteiger partial charge in [0.15, 0.2) is 5.58 Å². The summed E-state index contributed by atoms with van der Waals surface area (Å²) < 4.78 is 5.27. The number of halogens is 1. The minimum atomic E-state index is -0.143. The van der Waals surface area contributed by atoms with Crippen molar-refractivity contribution in [3.8, 4) is 0 Å².